The van der Waals surface area contributed by atoms with Crippen LogP contribution >= 0.6 is 136 Å². The van der Waals surface area contributed by atoms with E-state index in [-0.39, 0.29) is 58.4 Å². The summed E-state index contributed by atoms with van der Waals surface area (Å²) in [6.07, 6.45) is -1.70. The van der Waals surface area contributed by atoms with Gasteiger partial charge < -0.3 is 41.5 Å². The first-order valence-electron chi connectivity index (χ1n) is 12.3. The molecule has 45 heavy (non-hydrogen) atoms. The van der Waals surface area contributed by atoms with Gasteiger partial charge in [-0.05, 0) is 149 Å². The van der Waals surface area contributed by atoms with E-state index in [2.05, 4.69) is 26.6 Å². The SMILES string of the molecule is CCOCC(=O)NC(NC(=O)c1c(I)cc(I)c(C(=O)NC)c1I)C(=O)Nc1c(I)c(C(=O)O)c(I)c(C(=O)NCCO)c1I. The normalized spacial score (nSPS) is 11.3. The van der Waals surface area contributed by atoms with Gasteiger partial charge in [-0.1, -0.05) is 0 Å². The molecule has 2 aromatic rings. The third kappa shape index (κ3) is 10.3. The molecule has 1 atom stereocenters. The number of aliphatic hydroxyl groups is 1. The van der Waals surface area contributed by atoms with Gasteiger partial charge in [0.1, 0.15) is 6.61 Å². The van der Waals surface area contributed by atoms with Crippen molar-refractivity contribution in [2.24, 2.45) is 0 Å². The molecule has 0 aliphatic carbocycles. The van der Waals surface area contributed by atoms with Crippen LogP contribution in [-0.4, -0.2) is 85.3 Å². The summed E-state index contributed by atoms with van der Waals surface area (Å²) in [6, 6.07) is 1.62. The Labute approximate surface area is 338 Å². The second-order valence-electron chi connectivity index (χ2n) is 8.44. The zero-order valence-corrected chi connectivity index (χ0v) is 35.9. The fraction of sp³-hybridized carbons (Fsp3) is 0.280. The van der Waals surface area contributed by atoms with E-state index in [1.54, 1.807) is 80.8 Å². The average molecular weight is 1300 g/mol. The zero-order chi connectivity index (χ0) is 34.2. The van der Waals surface area contributed by atoms with E-state index in [1.165, 1.54) is 7.05 Å². The number of amides is 5. The van der Waals surface area contributed by atoms with Crippen molar-refractivity contribution in [1.82, 2.24) is 21.3 Å². The summed E-state index contributed by atoms with van der Waals surface area (Å²) in [5.41, 5.74) is -0.0228. The summed E-state index contributed by atoms with van der Waals surface area (Å²) >= 11 is 11.0. The molecule has 1 unspecified atom stereocenters. The molecule has 0 spiro atoms. The van der Waals surface area contributed by atoms with Crippen LogP contribution in [0.25, 0.3) is 0 Å². The number of hydrogen-bond acceptors (Lipinski definition) is 8. The lowest BCUT2D eigenvalue weighted by Crippen LogP contribution is -2.56. The Bertz CT molecular complexity index is 1560. The van der Waals surface area contributed by atoms with Gasteiger partial charge in [-0.3, -0.25) is 24.0 Å². The van der Waals surface area contributed by atoms with E-state index >= 15 is 0 Å². The van der Waals surface area contributed by atoms with Crippen molar-refractivity contribution in [3.63, 3.8) is 0 Å². The Morgan fingerprint density at radius 3 is 1.89 bits per heavy atom. The number of anilines is 1. The molecule has 0 bridgehead atoms. The molecule has 0 saturated carbocycles. The van der Waals surface area contributed by atoms with Crippen LogP contribution in [0.1, 0.15) is 48.4 Å². The van der Waals surface area contributed by atoms with Gasteiger partial charge in [0, 0.05) is 34.5 Å². The number of hydrogen-bond donors (Lipinski definition) is 7. The Balaban J connectivity index is 2.63. The minimum absolute atomic E-state index is 0.0493. The first kappa shape index (κ1) is 40.7. The van der Waals surface area contributed by atoms with E-state index in [1.807, 2.05) is 67.8 Å². The van der Waals surface area contributed by atoms with Gasteiger partial charge in [0.25, 0.3) is 23.6 Å². The summed E-state index contributed by atoms with van der Waals surface area (Å²) in [5.74, 6) is -4.97. The van der Waals surface area contributed by atoms with Crippen molar-refractivity contribution >= 4 is 177 Å². The van der Waals surface area contributed by atoms with Gasteiger partial charge >= 0.3 is 5.97 Å². The Kier molecular flexibility index (Phi) is 17.1. The molecule has 2 rings (SSSR count). The Morgan fingerprint density at radius 1 is 0.800 bits per heavy atom. The monoisotopic (exact) mass is 1300 g/mol. The van der Waals surface area contributed by atoms with Crippen molar-refractivity contribution in [1.29, 1.82) is 0 Å². The highest BCUT2D eigenvalue weighted by atomic mass is 127. The number of carboxylic acids is 1. The van der Waals surface area contributed by atoms with Gasteiger partial charge in [-0.25, -0.2) is 4.79 Å². The lowest BCUT2D eigenvalue weighted by Gasteiger charge is -2.23. The summed E-state index contributed by atoms with van der Waals surface area (Å²) in [6.45, 7) is 0.991. The molecule has 0 fully saturated rings. The highest BCUT2D eigenvalue weighted by Crippen LogP contribution is 2.36. The summed E-state index contributed by atoms with van der Waals surface area (Å²) < 4.78 is 6.86. The number of carbonyl (C=O) groups excluding carboxylic acids is 5. The minimum atomic E-state index is -1.70. The number of nitrogens with one attached hydrogen (secondary N) is 5. The van der Waals surface area contributed by atoms with E-state index in [0.717, 1.165) is 0 Å². The summed E-state index contributed by atoms with van der Waals surface area (Å²) in [7, 11) is 1.45. The van der Waals surface area contributed by atoms with Crippen molar-refractivity contribution in [2.45, 2.75) is 13.1 Å². The van der Waals surface area contributed by atoms with Crippen LogP contribution < -0.4 is 26.6 Å². The average Bonchev–Trinajstić information content (AvgIpc) is 2.95. The van der Waals surface area contributed by atoms with Crippen molar-refractivity contribution in [3.05, 3.63) is 49.7 Å². The van der Waals surface area contributed by atoms with Crippen LogP contribution in [0, 0.1) is 21.4 Å². The van der Waals surface area contributed by atoms with Crippen LogP contribution in [0.4, 0.5) is 5.69 Å². The predicted molar refractivity (Wildman–Crippen MR) is 213 cm³/mol. The number of carboxylic acid groups (broad SMARTS) is 1. The molecule has 0 heterocycles. The summed E-state index contributed by atoms with van der Waals surface area (Å²) in [4.78, 5) is 77.6. The fourth-order valence-corrected chi connectivity index (χ4v) is 12.3. The number of aliphatic hydroxyl groups excluding tert-OH is 1. The molecule has 0 radical (unpaired) electrons. The number of rotatable bonds is 13. The molecule has 5 amide bonds. The van der Waals surface area contributed by atoms with Crippen LogP contribution in [0.5, 0.6) is 0 Å². The predicted octanol–water partition coefficient (Wildman–Crippen LogP) is 2.94. The zero-order valence-electron chi connectivity index (χ0n) is 23.0. The number of carbonyl (C=O) groups is 6. The van der Waals surface area contributed by atoms with Crippen molar-refractivity contribution in [3.8, 4) is 0 Å². The summed E-state index contributed by atoms with van der Waals surface area (Å²) in [5, 5.41) is 31.5. The number of aromatic carboxylic acids is 1. The molecule has 7 N–H and O–H groups in total. The topological polar surface area (TPSA) is 212 Å². The molecule has 0 aliphatic rings. The van der Waals surface area contributed by atoms with E-state index in [4.69, 9.17) is 9.84 Å². The third-order valence-electron chi connectivity index (χ3n) is 5.53. The molecule has 14 nitrogen and oxygen atoms in total. The first-order chi connectivity index (χ1) is 21.1. The highest BCUT2D eigenvalue weighted by molar-refractivity contribution is 14.1. The maximum Gasteiger partial charge on any atom is 0.337 e. The maximum absolute atomic E-state index is 13.7. The van der Waals surface area contributed by atoms with Crippen LogP contribution in [0.2, 0.25) is 0 Å². The standard InChI is InChI=1S/C25H23I6N5O9/c1-3-45-7-10(38)34-20(36-23(41)12-9(27)6-8(26)11(15(12)28)21(39)32-2)24(42)35-19-17(30)13(22(40)33-4-5-37)16(29)14(18(19)31)25(43)44/h6,20,37H,3-5,7H2,1-2H3,(H,32,39)(H,33,40)(H,34,38)(H,35,42)(H,36,41)(H,43,44). The van der Waals surface area contributed by atoms with Crippen LogP contribution in [0.3, 0.4) is 0 Å². The van der Waals surface area contributed by atoms with Crippen LogP contribution in [0.15, 0.2) is 6.07 Å². The smallest absolute Gasteiger partial charge is 0.337 e. The lowest BCUT2D eigenvalue weighted by molar-refractivity contribution is -0.130. The molecular weight excluding hydrogens is 1280 g/mol. The quantitative estimate of drug-likeness (QED) is 0.116. The van der Waals surface area contributed by atoms with E-state index in [9.17, 15) is 33.9 Å². The second kappa shape index (κ2) is 18.9. The Morgan fingerprint density at radius 2 is 1.36 bits per heavy atom. The van der Waals surface area contributed by atoms with Gasteiger partial charge in [0.15, 0.2) is 6.17 Å². The maximum atomic E-state index is 13.7. The second-order valence-corrected chi connectivity index (χ2v) is 15.1. The molecule has 0 aromatic heterocycles. The van der Waals surface area contributed by atoms with Gasteiger partial charge in [0.05, 0.1) is 41.7 Å². The van der Waals surface area contributed by atoms with E-state index in [0.29, 0.717) is 10.7 Å². The molecular formula is C25H23I6N5O9. The lowest BCUT2D eigenvalue weighted by atomic mass is 10.1. The van der Waals surface area contributed by atoms with Crippen molar-refractivity contribution < 1.29 is 43.7 Å². The van der Waals surface area contributed by atoms with Crippen LogP contribution in [-0.2, 0) is 14.3 Å². The van der Waals surface area contributed by atoms with Gasteiger partial charge in [-0.2, -0.15) is 0 Å². The molecule has 0 saturated heterocycles. The van der Waals surface area contributed by atoms with Crippen molar-refractivity contribution in [2.75, 3.05) is 38.7 Å². The third-order valence-corrected chi connectivity index (χ3v) is 11.6. The molecule has 20 heteroatoms. The van der Waals surface area contributed by atoms with E-state index < -0.39 is 48.3 Å². The number of halogens is 6. The molecule has 2 aromatic carbocycles. The molecule has 244 valence electrons. The van der Waals surface area contributed by atoms with Gasteiger partial charge in [0.2, 0.25) is 5.91 Å². The van der Waals surface area contributed by atoms with Gasteiger partial charge in [-0.15, -0.1) is 0 Å². The molecule has 0 aliphatic heterocycles. The largest absolute Gasteiger partial charge is 0.478 e. The number of ether oxygens (including phenoxy) is 1. The number of benzene rings is 2. The fourth-order valence-electron chi connectivity index (χ4n) is 3.51. The highest BCUT2D eigenvalue weighted by Gasteiger charge is 2.32. The first-order valence-corrected chi connectivity index (χ1v) is 18.8. The Hall–Kier alpha value is -0.440. The minimum Gasteiger partial charge on any atom is -0.478 e.